The zero-order valence-electron chi connectivity index (χ0n) is 16.8. The van der Waals surface area contributed by atoms with Gasteiger partial charge in [-0.15, -0.1) is 22.7 Å². The third-order valence-electron chi connectivity index (χ3n) is 4.96. The van der Waals surface area contributed by atoms with Gasteiger partial charge in [-0.2, -0.15) is 4.31 Å². The highest BCUT2D eigenvalue weighted by atomic mass is 35.5. The Bertz CT molecular complexity index is 1170. The Morgan fingerprint density at radius 1 is 1.13 bits per heavy atom. The summed E-state index contributed by atoms with van der Waals surface area (Å²) in [5, 5.41) is 4.19. The van der Waals surface area contributed by atoms with Crippen molar-refractivity contribution in [1.82, 2.24) is 9.21 Å². The van der Waals surface area contributed by atoms with Crippen molar-refractivity contribution in [1.29, 1.82) is 0 Å². The van der Waals surface area contributed by atoms with E-state index in [1.807, 2.05) is 30.5 Å². The molecule has 2 aromatic heterocycles. The molecule has 0 saturated carbocycles. The molecule has 0 unspecified atom stereocenters. The zero-order valence-corrected chi connectivity index (χ0v) is 20.0. The monoisotopic (exact) mass is 496 g/mol. The van der Waals surface area contributed by atoms with Crippen LogP contribution in [0, 0.1) is 6.92 Å². The lowest BCUT2D eigenvalue weighted by Gasteiger charge is -2.33. The molecule has 4 rings (SSSR count). The third kappa shape index (κ3) is 4.96. The van der Waals surface area contributed by atoms with Gasteiger partial charge in [-0.25, -0.2) is 8.42 Å². The van der Waals surface area contributed by atoms with Crippen molar-refractivity contribution in [3.8, 4) is 5.75 Å². The summed E-state index contributed by atoms with van der Waals surface area (Å²) in [4.78, 5) is 15.2. The van der Waals surface area contributed by atoms with E-state index in [1.165, 1.54) is 27.0 Å². The zero-order chi connectivity index (χ0) is 22.0. The lowest BCUT2D eigenvalue weighted by Crippen LogP contribution is -2.50. The van der Waals surface area contributed by atoms with E-state index >= 15 is 0 Å². The van der Waals surface area contributed by atoms with Crippen LogP contribution in [0.1, 0.15) is 20.8 Å². The molecular weight excluding hydrogens is 476 g/mol. The number of ether oxygens (including phenoxy) is 1. The molecular formula is C21H21ClN2O4S3. The highest BCUT2D eigenvalue weighted by molar-refractivity contribution is 7.91. The number of hydrogen-bond donors (Lipinski definition) is 0. The largest absolute Gasteiger partial charge is 0.487 e. The van der Waals surface area contributed by atoms with Crippen LogP contribution in [0.2, 0.25) is 5.02 Å². The Balaban J connectivity index is 1.35. The van der Waals surface area contributed by atoms with E-state index in [0.717, 1.165) is 11.1 Å². The minimum atomic E-state index is -3.48. The molecule has 3 aromatic rings. The van der Waals surface area contributed by atoms with E-state index in [1.54, 1.807) is 28.5 Å². The van der Waals surface area contributed by atoms with Gasteiger partial charge in [-0.3, -0.25) is 4.79 Å². The number of rotatable bonds is 6. The van der Waals surface area contributed by atoms with Crippen molar-refractivity contribution in [3.63, 3.8) is 0 Å². The van der Waals surface area contributed by atoms with Gasteiger partial charge < -0.3 is 9.64 Å². The van der Waals surface area contributed by atoms with Crippen molar-refractivity contribution < 1.29 is 17.9 Å². The van der Waals surface area contributed by atoms with E-state index in [9.17, 15) is 13.2 Å². The Labute approximate surface area is 194 Å². The van der Waals surface area contributed by atoms with E-state index in [0.29, 0.717) is 52.6 Å². The lowest BCUT2D eigenvalue weighted by molar-refractivity contribution is 0.0703. The number of carbonyl (C=O) groups excluding carboxylic acids is 1. The number of piperazine rings is 1. The fourth-order valence-electron chi connectivity index (χ4n) is 3.27. The first-order valence-corrected chi connectivity index (χ1v) is 13.2. The summed E-state index contributed by atoms with van der Waals surface area (Å²) in [6, 6.07) is 10.8. The first kappa shape index (κ1) is 22.3. The summed E-state index contributed by atoms with van der Waals surface area (Å²) in [7, 11) is -3.48. The SMILES string of the molecule is Cc1ccc(Cl)c(OCc2csc(C(=O)N3CCN(S(=O)(=O)c4cccs4)CC3)c2)c1. The van der Waals surface area contributed by atoms with Crippen LogP contribution >= 0.6 is 34.3 Å². The molecule has 1 fully saturated rings. The number of aryl methyl sites for hydroxylation is 1. The third-order valence-corrected chi connectivity index (χ3v) is 9.51. The molecule has 0 N–H and O–H groups in total. The molecule has 1 saturated heterocycles. The minimum Gasteiger partial charge on any atom is -0.487 e. The van der Waals surface area contributed by atoms with Crippen LogP contribution in [0.25, 0.3) is 0 Å². The molecule has 1 aliphatic heterocycles. The minimum absolute atomic E-state index is 0.0852. The number of amides is 1. The maximum absolute atomic E-state index is 12.9. The van der Waals surface area contributed by atoms with Crippen LogP contribution in [0.5, 0.6) is 5.75 Å². The van der Waals surface area contributed by atoms with Crippen molar-refractivity contribution in [2.75, 3.05) is 26.2 Å². The molecule has 1 aromatic carbocycles. The van der Waals surface area contributed by atoms with Gasteiger partial charge in [-0.1, -0.05) is 23.7 Å². The summed E-state index contributed by atoms with van der Waals surface area (Å²) < 4.78 is 32.9. The van der Waals surface area contributed by atoms with Crippen molar-refractivity contribution >= 4 is 50.2 Å². The first-order valence-electron chi connectivity index (χ1n) is 9.64. The molecule has 1 amide bonds. The number of sulfonamides is 1. The second kappa shape index (κ2) is 9.30. The van der Waals surface area contributed by atoms with Crippen LogP contribution < -0.4 is 4.74 Å². The van der Waals surface area contributed by atoms with Gasteiger partial charge in [0.15, 0.2) is 0 Å². The lowest BCUT2D eigenvalue weighted by atomic mass is 10.2. The van der Waals surface area contributed by atoms with Crippen molar-refractivity contribution in [2.45, 2.75) is 17.7 Å². The number of carbonyl (C=O) groups is 1. The fourth-order valence-corrected chi connectivity index (χ4v) is 6.87. The summed E-state index contributed by atoms with van der Waals surface area (Å²) in [6.45, 7) is 3.60. The van der Waals surface area contributed by atoms with Crippen molar-refractivity contribution in [2.24, 2.45) is 0 Å². The van der Waals surface area contributed by atoms with Crippen LogP contribution in [-0.2, 0) is 16.6 Å². The number of thiophene rings is 2. The summed E-state index contributed by atoms with van der Waals surface area (Å²) >= 11 is 8.74. The summed E-state index contributed by atoms with van der Waals surface area (Å²) in [6.07, 6.45) is 0. The van der Waals surface area contributed by atoms with Gasteiger partial charge in [0.25, 0.3) is 15.9 Å². The first-order chi connectivity index (χ1) is 14.8. The predicted octanol–water partition coefficient (Wildman–Crippen LogP) is 4.50. The van der Waals surface area contributed by atoms with Crippen LogP contribution in [0.15, 0.2) is 51.4 Å². The normalized spacial score (nSPS) is 15.2. The van der Waals surface area contributed by atoms with E-state index < -0.39 is 10.0 Å². The van der Waals surface area contributed by atoms with E-state index in [2.05, 4.69) is 0 Å². The molecule has 164 valence electrons. The fraction of sp³-hybridized carbons (Fsp3) is 0.286. The van der Waals surface area contributed by atoms with Gasteiger partial charge in [-0.05, 0) is 47.5 Å². The second-order valence-corrected chi connectivity index (χ2v) is 11.6. The average Bonchev–Trinajstić information content (AvgIpc) is 3.47. The maximum Gasteiger partial charge on any atom is 0.264 e. The molecule has 31 heavy (non-hydrogen) atoms. The number of nitrogens with zero attached hydrogens (tertiary/aromatic N) is 2. The Morgan fingerprint density at radius 3 is 2.61 bits per heavy atom. The van der Waals surface area contributed by atoms with Crippen LogP contribution in [0.3, 0.4) is 0 Å². The van der Waals surface area contributed by atoms with Gasteiger partial charge in [0.2, 0.25) is 0 Å². The molecule has 10 heteroatoms. The smallest absolute Gasteiger partial charge is 0.264 e. The molecule has 0 spiro atoms. The summed E-state index contributed by atoms with van der Waals surface area (Å²) in [5.41, 5.74) is 1.95. The molecule has 0 bridgehead atoms. The number of benzene rings is 1. The molecule has 6 nitrogen and oxygen atoms in total. The molecule has 3 heterocycles. The van der Waals surface area contributed by atoms with Gasteiger partial charge in [0.1, 0.15) is 16.6 Å². The highest BCUT2D eigenvalue weighted by Crippen LogP contribution is 2.27. The van der Waals surface area contributed by atoms with E-state index in [-0.39, 0.29) is 5.91 Å². The number of hydrogen-bond acceptors (Lipinski definition) is 6. The van der Waals surface area contributed by atoms with E-state index in [4.69, 9.17) is 16.3 Å². The Hall–Kier alpha value is -1.91. The standard InChI is InChI=1S/C21H21ClN2O4S3/c1-15-4-5-17(22)18(11-15)28-13-16-12-19(30-14-16)21(25)23-6-8-24(9-7-23)31(26,27)20-3-2-10-29-20/h2-5,10-12,14H,6-9,13H2,1H3. The molecule has 0 aliphatic carbocycles. The molecule has 1 aliphatic rings. The number of halogens is 1. The average molecular weight is 497 g/mol. The predicted molar refractivity (Wildman–Crippen MR) is 124 cm³/mol. The van der Waals surface area contributed by atoms with Gasteiger partial charge in [0, 0.05) is 31.7 Å². The second-order valence-electron chi connectivity index (χ2n) is 7.17. The highest BCUT2D eigenvalue weighted by Gasteiger charge is 2.31. The van der Waals surface area contributed by atoms with Crippen LogP contribution in [-0.4, -0.2) is 49.7 Å². The van der Waals surface area contributed by atoms with Crippen LogP contribution in [0.4, 0.5) is 0 Å². The Kier molecular flexibility index (Phi) is 6.68. The molecule has 0 atom stereocenters. The maximum atomic E-state index is 12.9. The van der Waals surface area contributed by atoms with Gasteiger partial charge >= 0.3 is 0 Å². The molecule has 0 radical (unpaired) electrons. The topological polar surface area (TPSA) is 66.9 Å². The quantitative estimate of drug-likeness (QED) is 0.504. The summed E-state index contributed by atoms with van der Waals surface area (Å²) in [5.74, 6) is 0.529. The van der Waals surface area contributed by atoms with Gasteiger partial charge in [0.05, 0.1) is 9.90 Å². The Morgan fingerprint density at radius 2 is 1.90 bits per heavy atom. The van der Waals surface area contributed by atoms with Crippen molar-refractivity contribution in [3.05, 3.63) is 68.2 Å².